The van der Waals surface area contributed by atoms with E-state index in [4.69, 9.17) is 0 Å². The summed E-state index contributed by atoms with van der Waals surface area (Å²) in [6.45, 7) is 1.74. The molecule has 4 rings (SSSR count). The molecule has 0 unspecified atom stereocenters. The second kappa shape index (κ2) is 7.31. The molecule has 0 radical (unpaired) electrons. The molecule has 0 saturated heterocycles. The summed E-state index contributed by atoms with van der Waals surface area (Å²) in [4.78, 5) is 24.6. The smallest absolute Gasteiger partial charge is 0.339 e. The third kappa shape index (κ3) is 3.48. The van der Waals surface area contributed by atoms with Crippen LogP contribution < -0.4 is 5.32 Å². The summed E-state index contributed by atoms with van der Waals surface area (Å²) >= 11 is 2.41. The number of thiophene rings is 2. The average molecular weight is 427 g/mol. The van der Waals surface area contributed by atoms with Crippen LogP contribution in [0.15, 0.2) is 47.2 Å². The highest BCUT2D eigenvalue weighted by Crippen LogP contribution is 2.38. The minimum absolute atomic E-state index is 0.0350. The molecule has 29 heavy (non-hydrogen) atoms. The second-order valence-corrected chi connectivity index (χ2v) is 8.25. The van der Waals surface area contributed by atoms with Crippen LogP contribution in [0, 0.1) is 12.7 Å². The van der Waals surface area contributed by atoms with Crippen molar-refractivity contribution in [3.05, 3.63) is 69.7 Å². The fraction of sp³-hybridized carbons (Fsp3) is 0.0476. The average Bonchev–Trinajstić information content (AvgIpc) is 3.27. The Kier molecular flexibility index (Phi) is 4.81. The maximum absolute atomic E-state index is 14.4. The molecule has 0 saturated carbocycles. The number of carboxylic acids is 1. The predicted octanol–water partition coefficient (Wildman–Crippen LogP) is 5.73. The largest absolute Gasteiger partial charge is 0.507 e. The number of phenols is 1. The molecule has 2 aromatic carbocycles. The summed E-state index contributed by atoms with van der Waals surface area (Å²) in [5.74, 6) is -2.66. The van der Waals surface area contributed by atoms with Crippen molar-refractivity contribution in [3.63, 3.8) is 0 Å². The van der Waals surface area contributed by atoms with Crippen molar-refractivity contribution in [2.24, 2.45) is 0 Å². The van der Waals surface area contributed by atoms with E-state index in [0.29, 0.717) is 5.56 Å². The minimum Gasteiger partial charge on any atom is -0.507 e. The summed E-state index contributed by atoms with van der Waals surface area (Å²) < 4.78 is 15.2. The van der Waals surface area contributed by atoms with Crippen LogP contribution in [-0.4, -0.2) is 22.1 Å². The third-order valence-corrected chi connectivity index (χ3v) is 6.24. The Balaban J connectivity index is 1.73. The zero-order chi connectivity index (χ0) is 20.7. The van der Waals surface area contributed by atoms with Gasteiger partial charge in [0.2, 0.25) is 0 Å². The van der Waals surface area contributed by atoms with Crippen molar-refractivity contribution < 1.29 is 24.2 Å². The Morgan fingerprint density at radius 2 is 1.86 bits per heavy atom. The molecule has 2 aromatic heterocycles. The van der Waals surface area contributed by atoms with E-state index in [1.807, 2.05) is 11.4 Å². The van der Waals surface area contributed by atoms with Crippen molar-refractivity contribution in [1.29, 1.82) is 0 Å². The Morgan fingerprint density at radius 1 is 1.07 bits per heavy atom. The normalized spacial score (nSPS) is 11.0. The van der Waals surface area contributed by atoms with Crippen molar-refractivity contribution in [3.8, 4) is 16.9 Å². The number of carbonyl (C=O) groups excluding carboxylic acids is 1. The SMILES string of the molecule is Cc1ccc(-c2csc(NC(=O)c3cc4sccc4cc3O)c2C(=O)O)c(F)c1. The van der Waals surface area contributed by atoms with Crippen LogP contribution in [0.25, 0.3) is 21.2 Å². The third-order valence-electron chi connectivity index (χ3n) is 4.46. The molecule has 146 valence electrons. The van der Waals surface area contributed by atoms with Crippen LogP contribution in [0.2, 0.25) is 0 Å². The number of halogens is 1. The first kappa shape index (κ1) is 19.1. The fourth-order valence-electron chi connectivity index (χ4n) is 3.05. The van der Waals surface area contributed by atoms with Gasteiger partial charge in [0, 0.05) is 21.2 Å². The fourth-order valence-corrected chi connectivity index (χ4v) is 4.81. The Hall–Kier alpha value is -3.23. The highest BCUT2D eigenvalue weighted by Gasteiger charge is 2.24. The highest BCUT2D eigenvalue weighted by molar-refractivity contribution is 7.17. The molecule has 1 amide bonds. The first-order valence-corrected chi connectivity index (χ1v) is 10.2. The van der Waals surface area contributed by atoms with Crippen LogP contribution in [-0.2, 0) is 0 Å². The topological polar surface area (TPSA) is 86.6 Å². The van der Waals surface area contributed by atoms with Crippen LogP contribution >= 0.6 is 22.7 Å². The van der Waals surface area contributed by atoms with Gasteiger partial charge in [0.05, 0.1) is 5.56 Å². The summed E-state index contributed by atoms with van der Waals surface area (Å²) in [7, 11) is 0. The van der Waals surface area contributed by atoms with Crippen LogP contribution in [0.3, 0.4) is 0 Å². The van der Waals surface area contributed by atoms with Gasteiger partial charge in [0.15, 0.2) is 0 Å². The summed E-state index contributed by atoms with van der Waals surface area (Å²) in [6, 6.07) is 9.39. The predicted molar refractivity (Wildman–Crippen MR) is 113 cm³/mol. The number of aromatic hydroxyl groups is 1. The molecular formula is C21H14FNO4S2. The number of nitrogens with one attached hydrogen (secondary N) is 1. The van der Waals surface area contributed by atoms with Crippen LogP contribution in [0.5, 0.6) is 5.75 Å². The van der Waals surface area contributed by atoms with Crippen molar-refractivity contribution in [1.82, 2.24) is 0 Å². The van der Waals surface area contributed by atoms with Gasteiger partial charge in [-0.25, -0.2) is 9.18 Å². The van der Waals surface area contributed by atoms with Crippen LogP contribution in [0.4, 0.5) is 9.39 Å². The molecule has 0 spiro atoms. The van der Waals surface area contributed by atoms with Gasteiger partial charge < -0.3 is 15.5 Å². The Labute approximate surface area is 172 Å². The molecule has 0 aliphatic heterocycles. The molecule has 3 N–H and O–H groups in total. The van der Waals surface area contributed by atoms with E-state index < -0.39 is 17.7 Å². The van der Waals surface area contributed by atoms with Gasteiger partial charge in [-0.05, 0) is 47.5 Å². The molecule has 0 aliphatic rings. The van der Waals surface area contributed by atoms with Gasteiger partial charge in [-0.3, -0.25) is 4.79 Å². The number of benzene rings is 2. The van der Waals surface area contributed by atoms with Gasteiger partial charge in [0.25, 0.3) is 5.91 Å². The van der Waals surface area contributed by atoms with Crippen molar-refractivity contribution in [2.45, 2.75) is 6.92 Å². The minimum atomic E-state index is -1.28. The maximum atomic E-state index is 14.4. The van der Waals surface area contributed by atoms with E-state index in [1.54, 1.807) is 19.1 Å². The molecule has 2 heterocycles. The van der Waals surface area contributed by atoms with E-state index in [0.717, 1.165) is 21.4 Å². The van der Waals surface area contributed by atoms with E-state index in [9.17, 15) is 24.2 Å². The monoisotopic (exact) mass is 427 g/mol. The lowest BCUT2D eigenvalue weighted by Gasteiger charge is -2.08. The Bertz CT molecular complexity index is 1280. The summed E-state index contributed by atoms with van der Waals surface area (Å²) in [5, 5.41) is 26.6. The highest BCUT2D eigenvalue weighted by atomic mass is 32.1. The van der Waals surface area contributed by atoms with E-state index in [-0.39, 0.29) is 33.0 Å². The van der Waals surface area contributed by atoms with Crippen LogP contribution in [0.1, 0.15) is 26.3 Å². The van der Waals surface area contributed by atoms with E-state index in [1.165, 1.54) is 34.9 Å². The first-order valence-electron chi connectivity index (χ1n) is 8.48. The van der Waals surface area contributed by atoms with E-state index in [2.05, 4.69) is 5.32 Å². The van der Waals surface area contributed by atoms with Gasteiger partial charge in [-0.15, -0.1) is 22.7 Å². The molecule has 8 heteroatoms. The number of carbonyl (C=O) groups is 2. The first-order chi connectivity index (χ1) is 13.8. The van der Waals surface area contributed by atoms with Crippen molar-refractivity contribution in [2.75, 3.05) is 5.32 Å². The van der Waals surface area contributed by atoms with Gasteiger partial charge in [-0.1, -0.05) is 12.1 Å². The number of hydrogen-bond donors (Lipinski definition) is 3. The van der Waals surface area contributed by atoms with Gasteiger partial charge in [-0.2, -0.15) is 0 Å². The molecule has 0 fully saturated rings. The lowest BCUT2D eigenvalue weighted by atomic mass is 10.0. The number of rotatable bonds is 4. The van der Waals surface area contributed by atoms with Gasteiger partial charge >= 0.3 is 5.97 Å². The molecule has 4 aromatic rings. The molecule has 0 atom stereocenters. The number of aryl methyl sites for hydroxylation is 1. The molecular weight excluding hydrogens is 413 g/mol. The molecule has 0 bridgehead atoms. The molecule has 5 nitrogen and oxygen atoms in total. The number of anilines is 1. The summed E-state index contributed by atoms with van der Waals surface area (Å²) in [6.07, 6.45) is 0. The van der Waals surface area contributed by atoms with E-state index >= 15 is 0 Å². The number of amides is 1. The zero-order valence-electron chi connectivity index (χ0n) is 15.0. The molecule has 0 aliphatic carbocycles. The summed E-state index contributed by atoms with van der Waals surface area (Å²) in [5.41, 5.74) is 0.891. The number of carboxylic acid groups (broad SMARTS) is 1. The van der Waals surface area contributed by atoms with Crippen molar-refractivity contribution >= 4 is 49.6 Å². The number of fused-ring (bicyclic) bond motifs is 1. The number of phenolic OH excluding ortho intramolecular Hbond substituents is 1. The Morgan fingerprint density at radius 3 is 2.59 bits per heavy atom. The number of aromatic carboxylic acids is 1. The lowest BCUT2D eigenvalue weighted by molar-refractivity contribution is 0.0699. The van der Waals surface area contributed by atoms with Gasteiger partial charge in [0.1, 0.15) is 22.1 Å². The second-order valence-electron chi connectivity index (χ2n) is 6.42. The lowest BCUT2D eigenvalue weighted by Crippen LogP contribution is -2.13. The zero-order valence-corrected chi connectivity index (χ0v) is 16.7. The maximum Gasteiger partial charge on any atom is 0.339 e. The quantitative estimate of drug-likeness (QED) is 0.388. The standard InChI is InChI=1S/C21H14FNO4S2/c1-10-2-3-12(15(22)6-10)14-9-29-20(18(14)21(26)27)23-19(25)13-8-17-11(4-5-28-17)7-16(13)24/h2-9,24H,1H3,(H,23,25)(H,26,27). The number of hydrogen-bond acceptors (Lipinski definition) is 5.